The van der Waals surface area contributed by atoms with Crippen LogP contribution in [-0.2, 0) is 13.6 Å². The van der Waals surface area contributed by atoms with E-state index in [1.807, 2.05) is 25.1 Å². The first-order valence-corrected chi connectivity index (χ1v) is 8.30. The maximum atomic E-state index is 12.3. The minimum atomic E-state index is -0.873. The number of hydrogen-bond donors (Lipinski definition) is 3. The number of nitrogens with one attached hydrogen (secondary N) is 2. The first kappa shape index (κ1) is 17.7. The van der Waals surface area contributed by atoms with E-state index in [1.54, 1.807) is 16.7 Å². The number of aromatic nitrogens is 4. The van der Waals surface area contributed by atoms with Gasteiger partial charge >= 0.3 is 5.69 Å². The van der Waals surface area contributed by atoms with Gasteiger partial charge in [0.25, 0.3) is 5.56 Å². The van der Waals surface area contributed by atoms with Gasteiger partial charge in [-0.15, -0.1) is 0 Å². The zero-order valence-electron chi connectivity index (χ0n) is 14.6. The highest BCUT2D eigenvalue weighted by atomic mass is 16.5. The van der Waals surface area contributed by atoms with Crippen LogP contribution in [0.3, 0.4) is 0 Å². The van der Waals surface area contributed by atoms with Gasteiger partial charge in [0.05, 0.1) is 6.54 Å². The van der Waals surface area contributed by atoms with Crippen LogP contribution in [0.1, 0.15) is 6.92 Å². The molecule has 0 aliphatic heterocycles. The van der Waals surface area contributed by atoms with Crippen molar-refractivity contribution in [3.8, 4) is 5.75 Å². The van der Waals surface area contributed by atoms with Crippen molar-refractivity contribution >= 4 is 17.1 Å². The van der Waals surface area contributed by atoms with E-state index in [1.165, 1.54) is 11.6 Å². The Bertz CT molecular complexity index is 1010. The van der Waals surface area contributed by atoms with E-state index in [2.05, 4.69) is 15.3 Å². The molecule has 3 N–H and O–H groups in total. The number of nitrogens with zero attached hydrogens (tertiary/aromatic N) is 3. The van der Waals surface area contributed by atoms with Crippen LogP contribution in [0.4, 0.5) is 5.95 Å². The number of aliphatic hydroxyl groups excluding tert-OH is 1. The standard InChI is InChI=1S/C17H21N5O4/c1-3-18-16-19-14-13(15(24)20-17(25)21(14)2)22(16)9-11(23)10-26-12-7-5-4-6-8-12/h4-8,11,23H,3,9-10H2,1-2H3,(H,18,19)(H,20,24,25). The number of fused-ring (bicyclic) bond motifs is 1. The SMILES string of the molecule is CCNc1nc2c(c(=O)[nH]c(=O)n2C)n1CC(O)COc1ccccc1. The number of anilines is 1. The predicted octanol–water partition coefficient (Wildman–Crippen LogP) is 0.295. The average Bonchev–Trinajstić information content (AvgIpc) is 2.98. The Morgan fingerprint density at radius 2 is 2.04 bits per heavy atom. The molecule has 0 aliphatic rings. The first-order valence-electron chi connectivity index (χ1n) is 8.30. The highest BCUT2D eigenvalue weighted by Crippen LogP contribution is 2.16. The highest BCUT2D eigenvalue weighted by molar-refractivity contribution is 5.74. The van der Waals surface area contributed by atoms with Gasteiger partial charge < -0.3 is 19.7 Å². The van der Waals surface area contributed by atoms with Crippen LogP contribution in [-0.4, -0.2) is 43.5 Å². The summed E-state index contributed by atoms with van der Waals surface area (Å²) in [6, 6.07) is 9.15. The summed E-state index contributed by atoms with van der Waals surface area (Å²) < 4.78 is 8.39. The number of rotatable bonds is 7. The largest absolute Gasteiger partial charge is 0.491 e. The molecule has 0 spiro atoms. The summed E-state index contributed by atoms with van der Waals surface area (Å²) in [6.45, 7) is 2.61. The fourth-order valence-electron chi connectivity index (χ4n) is 2.68. The van der Waals surface area contributed by atoms with Gasteiger partial charge in [-0.3, -0.25) is 14.3 Å². The lowest BCUT2D eigenvalue weighted by atomic mass is 10.3. The third-order valence-corrected chi connectivity index (χ3v) is 3.92. The van der Waals surface area contributed by atoms with Crippen LogP contribution < -0.4 is 21.3 Å². The van der Waals surface area contributed by atoms with E-state index in [0.717, 1.165) is 0 Å². The molecule has 0 amide bonds. The van der Waals surface area contributed by atoms with E-state index >= 15 is 0 Å². The fraction of sp³-hybridized carbons (Fsp3) is 0.353. The van der Waals surface area contributed by atoms with E-state index in [4.69, 9.17) is 4.74 Å². The Hall–Kier alpha value is -3.07. The molecule has 0 saturated heterocycles. The molecule has 9 heteroatoms. The monoisotopic (exact) mass is 359 g/mol. The minimum absolute atomic E-state index is 0.0545. The third kappa shape index (κ3) is 3.47. The van der Waals surface area contributed by atoms with Crippen LogP contribution in [0.25, 0.3) is 11.2 Å². The first-order chi connectivity index (χ1) is 12.5. The molecule has 3 aromatic rings. The summed E-state index contributed by atoms with van der Waals surface area (Å²) in [5.74, 6) is 1.06. The van der Waals surface area contributed by atoms with Gasteiger partial charge in [-0.1, -0.05) is 18.2 Å². The molecule has 3 rings (SSSR count). The second-order valence-corrected chi connectivity index (χ2v) is 5.84. The summed E-state index contributed by atoms with van der Waals surface area (Å²) in [7, 11) is 1.53. The van der Waals surface area contributed by atoms with Crippen molar-refractivity contribution in [2.24, 2.45) is 7.05 Å². The average molecular weight is 359 g/mol. The fourth-order valence-corrected chi connectivity index (χ4v) is 2.68. The summed E-state index contributed by atoms with van der Waals surface area (Å²) >= 11 is 0. The normalized spacial score (nSPS) is 12.3. The van der Waals surface area contributed by atoms with E-state index in [9.17, 15) is 14.7 Å². The van der Waals surface area contributed by atoms with E-state index < -0.39 is 17.4 Å². The molecule has 9 nitrogen and oxygen atoms in total. The van der Waals surface area contributed by atoms with Crippen molar-refractivity contribution in [3.63, 3.8) is 0 Å². The van der Waals surface area contributed by atoms with Gasteiger partial charge in [0.2, 0.25) is 5.95 Å². The maximum absolute atomic E-state index is 12.3. The van der Waals surface area contributed by atoms with Crippen molar-refractivity contribution in [3.05, 3.63) is 51.2 Å². The Labute approximate surface area is 148 Å². The molecule has 0 bridgehead atoms. The van der Waals surface area contributed by atoms with Gasteiger partial charge in [0, 0.05) is 13.6 Å². The van der Waals surface area contributed by atoms with Crippen LogP contribution in [0.2, 0.25) is 0 Å². The molecule has 0 aliphatic carbocycles. The molecule has 0 radical (unpaired) electrons. The molecule has 138 valence electrons. The minimum Gasteiger partial charge on any atom is -0.491 e. The van der Waals surface area contributed by atoms with Crippen molar-refractivity contribution in [2.75, 3.05) is 18.5 Å². The summed E-state index contributed by atoms with van der Waals surface area (Å²) in [5.41, 5.74) is -0.605. The van der Waals surface area contributed by atoms with Crippen molar-refractivity contribution in [2.45, 2.75) is 19.6 Å². The summed E-state index contributed by atoms with van der Waals surface area (Å²) in [4.78, 5) is 30.7. The summed E-state index contributed by atoms with van der Waals surface area (Å²) in [6.07, 6.45) is -0.873. The Morgan fingerprint density at radius 3 is 2.73 bits per heavy atom. The predicted molar refractivity (Wildman–Crippen MR) is 97.7 cm³/mol. The van der Waals surface area contributed by atoms with Gasteiger partial charge in [-0.05, 0) is 19.1 Å². The highest BCUT2D eigenvalue weighted by Gasteiger charge is 2.19. The van der Waals surface area contributed by atoms with E-state index in [0.29, 0.717) is 18.2 Å². The van der Waals surface area contributed by atoms with Crippen molar-refractivity contribution in [1.29, 1.82) is 0 Å². The molecule has 1 atom stereocenters. The van der Waals surface area contributed by atoms with Crippen LogP contribution in [0.15, 0.2) is 39.9 Å². The zero-order valence-corrected chi connectivity index (χ0v) is 14.6. The van der Waals surface area contributed by atoms with Crippen LogP contribution in [0.5, 0.6) is 5.75 Å². The van der Waals surface area contributed by atoms with Gasteiger partial charge in [0.1, 0.15) is 18.5 Å². The lowest BCUT2D eigenvalue weighted by Crippen LogP contribution is -2.31. The number of para-hydroxylation sites is 1. The summed E-state index contributed by atoms with van der Waals surface area (Å²) in [5, 5.41) is 13.4. The Balaban J connectivity index is 1.90. The molecule has 26 heavy (non-hydrogen) atoms. The van der Waals surface area contributed by atoms with Crippen molar-refractivity contribution in [1.82, 2.24) is 19.1 Å². The van der Waals surface area contributed by atoms with Gasteiger partial charge in [0.15, 0.2) is 11.2 Å². The Kier molecular flexibility index (Phi) is 5.08. The second-order valence-electron chi connectivity index (χ2n) is 5.84. The number of aryl methyl sites for hydroxylation is 1. The number of imidazole rings is 1. The van der Waals surface area contributed by atoms with E-state index in [-0.39, 0.29) is 24.3 Å². The van der Waals surface area contributed by atoms with Gasteiger partial charge in [-0.25, -0.2) is 4.79 Å². The number of aliphatic hydroxyl groups is 1. The lowest BCUT2D eigenvalue weighted by Gasteiger charge is -2.15. The number of aromatic amines is 1. The quantitative estimate of drug-likeness (QED) is 0.559. The molecule has 0 saturated carbocycles. The number of hydrogen-bond acceptors (Lipinski definition) is 6. The van der Waals surface area contributed by atoms with Crippen LogP contribution in [0, 0.1) is 0 Å². The number of ether oxygens (including phenoxy) is 1. The molecule has 0 fully saturated rings. The molecular formula is C17H21N5O4. The third-order valence-electron chi connectivity index (χ3n) is 3.92. The molecule has 1 unspecified atom stereocenters. The van der Waals surface area contributed by atoms with Crippen molar-refractivity contribution < 1.29 is 9.84 Å². The maximum Gasteiger partial charge on any atom is 0.329 e. The number of benzene rings is 1. The molecular weight excluding hydrogens is 338 g/mol. The Morgan fingerprint density at radius 1 is 1.31 bits per heavy atom. The topological polar surface area (TPSA) is 114 Å². The molecule has 1 aromatic carbocycles. The second kappa shape index (κ2) is 7.44. The zero-order chi connectivity index (χ0) is 18.7. The molecule has 2 aromatic heterocycles. The number of H-pyrrole nitrogens is 1. The van der Waals surface area contributed by atoms with Gasteiger partial charge in [-0.2, -0.15) is 4.98 Å². The van der Waals surface area contributed by atoms with Crippen LogP contribution >= 0.6 is 0 Å². The lowest BCUT2D eigenvalue weighted by molar-refractivity contribution is 0.0938. The molecule has 2 heterocycles. The smallest absolute Gasteiger partial charge is 0.329 e.